The summed E-state index contributed by atoms with van der Waals surface area (Å²) in [5.74, 6) is 0.888. The zero-order chi connectivity index (χ0) is 16.8. The van der Waals surface area contributed by atoms with Crippen molar-refractivity contribution < 1.29 is 14.3 Å². The van der Waals surface area contributed by atoms with Crippen LogP contribution in [-0.2, 0) is 0 Å². The van der Waals surface area contributed by atoms with Crippen LogP contribution in [-0.4, -0.2) is 26.3 Å². The fraction of sp³-hybridized carbons (Fsp3) is 0.125. The number of hydrazone groups is 1. The highest BCUT2D eigenvalue weighted by Gasteiger charge is 2.09. The van der Waals surface area contributed by atoms with Crippen LogP contribution in [0.4, 0.5) is 0 Å². The van der Waals surface area contributed by atoms with E-state index in [1.165, 1.54) is 6.21 Å². The van der Waals surface area contributed by atoms with E-state index in [9.17, 15) is 4.79 Å². The molecule has 2 aromatic carbocycles. The maximum absolute atomic E-state index is 11.9. The Balaban J connectivity index is 2.10. The third kappa shape index (κ3) is 4.56. The van der Waals surface area contributed by atoms with E-state index in [1.54, 1.807) is 44.6 Å². The van der Waals surface area contributed by atoms with E-state index in [2.05, 4.69) is 42.4 Å². The van der Waals surface area contributed by atoms with Crippen molar-refractivity contribution in [1.82, 2.24) is 5.43 Å². The number of amides is 1. The van der Waals surface area contributed by atoms with Crippen LogP contribution in [0, 0.1) is 0 Å². The Morgan fingerprint density at radius 2 is 1.83 bits per heavy atom. The molecule has 0 atom stereocenters. The number of hydrogen-bond donors (Lipinski definition) is 1. The largest absolute Gasteiger partial charge is 0.493 e. The minimum Gasteiger partial charge on any atom is -0.493 e. The fourth-order valence-corrected chi connectivity index (χ4v) is 2.73. The van der Waals surface area contributed by atoms with Crippen LogP contribution >= 0.6 is 31.9 Å². The second-order valence-electron chi connectivity index (χ2n) is 4.44. The normalized spacial score (nSPS) is 10.6. The lowest BCUT2D eigenvalue weighted by Crippen LogP contribution is -2.17. The molecule has 120 valence electrons. The molecule has 0 aliphatic rings. The van der Waals surface area contributed by atoms with Crippen molar-refractivity contribution in [3.05, 3.63) is 56.5 Å². The molecule has 5 nitrogen and oxygen atoms in total. The van der Waals surface area contributed by atoms with Crippen LogP contribution in [0.1, 0.15) is 15.9 Å². The zero-order valence-electron chi connectivity index (χ0n) is 12.5. The van der Waals surface area contributed by atoms with Gasteiger partial charge in [0.1, 0.15) is 0 Å². The van der Waals surface area contributed by atoms with Crippen LogP contribution in [0.3, 0.4) is 0 Å². The lowest BCUT2D eigenvalue weighted by atomic mass is 10.2. The Morgan fingerprint density at radius 1 is 1.13 bits per heavy atom. The van der Waals surface area contributed by atoms with Gasteiger partial charge in [0.25, 0.3) is 5.91 Å². The van der Waals surface area contributed by atoms with E-state index < -0.39 is 0 Å². The number of halogens is 2. The van der Waals surface area contributed by atoms with E-state index in [4.69, 9.17) is 9.47 Å². The van der Waals surface area contributed by atoms with Gasteiger partial charge in [0.2, 0.25) is 0 Å². The summed E-state index contributed by atoms with van der Waals surface area (Å²) in [6, 6.07) is 10.6. The van der Waals surface area contributed by atoms with E-state index in [0.29, 0.717) is 17.1 Å². The molecule has 2 aromatic rings. The summed E-state index contributed by atoms with van der Waals surface area (Å²) in [4.78, 5) is 11.9. The topological polar surface area (TPSA) is 59.9 Å². The molecule has 1 amide bonds. The summed E-state index contributed by atoms with van der Waals surface area (Å²) in [7, 11) is 3.12. The number of carbonyl (C=O) groups is 1. The standard InChI is InChI=1S/C16H14Br2N2O3/c1-22-14-8-10(7-13(18)15(14)23-2)9-19-20-16(21)11-3-5-12(17)6-4-11/h3-9H,1-2H3,(H,20,21). The number of carbonyl (C=O) groups excluding carboxylic acids is 1. The molecular weight excluding hydrogens is 428 g/mol. The first-order chi connectivity index (χ1) is 11.0. The second kappa shape index (κ2) is 8.12. The highest BCUT2D eigenvalue weighted by molar-refractivity contribution is 9.10. The summed E-state index contributed by atoms with van der Waals surface area (Å²) in [6.07, 6.45) is 1.53. The van der Waals surface area contributed by atoms with Crippen molar-refractivity contribution in [1.29, 1.82) is 0 Å². The first-order valence-electron chi connectivity index (χ1n) is 6.55. The molecule has 0 radical (unpaired) electrons. The van der Waals surface area contributed by atoms with Crippen LogP contribution in [0.25, 0.3) is 0 Å². The number of methoxy groups -OCH3 is 2. The van der Waals surface area contributed by atoms with Gasteiger partial charge in [0.15, 0.2) is 11.5 Å². The van der Waals surface area contributed by atoms with Crippen molar-refractivity contribution in [2.45, 2.75) is 0 Å². The molecule has 0 unspecified atom stereocenters. The van der Waals surface area contributed by atoms with Gasteiger partial charge in [0.05, 0.1) is 24.9 Å². The van der Waals surface area contributed by atoms with Crippen LogP contribution < -0.4 is 14.9 Å². The van der Waals surface area contributed by atoms with E-state index in [-0.39, 0.29) is 5.91 Å². The molecule has 0 saturated heterocycles. The summed E-state index contributed by atoms with van der Waals surface area (Å²) < 4.78 is 12.1. The molecule has 0 fully saturated rings. The minimum absolute atomic E-state index is 0.284. The Morgan fingerprint density at radius 3 is 2.43 bits per heavy atom. The lowest BCUT2D eigenvalue weighted by Gasteiger charge is -2.10. The van der Waals surface area contributed by atoms with Gasteiger partial charge in [-0.15, -0.1) is 0 Å². The summed E-state index contributed by atoms with van der Waals surface area (Å²) in [6.45, 7) is 0. The summed E-state index contributed by atoms with van der Waals surface area (Å²) >= 11 is 6.73. The average molecular weight is 442 g/mol. The van der Waals surface area contributed by atoms with Gasteiger partial charge < -0.3 is 9.47 Å². The molecule has 0 aliphatic carbocycles. The van der Waals surface area contributed by atoms with Gasteiger partial charge in [0, 0.05) is 10.0 Å². The van der Waals surface area contributed by atoms with Crippen LogP contribution in [0.5, 0.6) is 11.5 Å². The molecule has 0 spiro atoms. The lowest BCUT2D eigenvalue weighted by molar-refractivity contribution is 0.0955. The number of rotatable bonds is 5. The molecule has 0 saturated carbocycles. The number of nitrogens with zero attached hydrogens (tertiary/aromatic N) is 1. The highest BCUT2D eigenvalue weighted by atomic mass is 79.9. The Bertz CT molecular complexity index is 731. The first kappa shape index (κ1) is 17.5. The van der Waals surface area contributed by atoms with Gasteiger partial charge in [-0.1, -0.05) is 15.9 Å². The highest BCUT2D eigenvalue weighted by Crippen LogP contribution is 2.35. The number of hydrogen-bond acceptors (Lipinski definition) is 4. The molecular formula is C16H14Br2N2O3. The smallest absolute Gasteiger partial charge is 0.271 e. The molecule has 7 heteroatoms. The predicted octanol–water partition coefficient (Wildman–Crippen LogP) is 3.99. The number of ether oxygens (including phenoxy) is 2. The molecule has 1 N–H and O–H groups in total. The Hall–Kier alpha value is -1.86. The van der Waals surface area contributed by atoms with E-state index >= 15 is 0 Å². The predicted molar refractivity (Wildman–Crippen MR) is 96.4 cm³/mol. The molecule has 23 heavy (non-hydrogen) atoms. The van der Waals surface area contributed by atoms with Gasteiger partial charge in [-0.2, -0.15) is 5.10 Å². The third-order valence-corrected chi connectivity index (χ3v) is 4.06. The van der Waals surface area contributed by atoms with Crippen molar-refractivity contribution in [3.8, 4) is 11.5 Å². The van der Waals surface area contributed by atoms with Gasteiger partial charge in [-0.25, -0.2) is 5.43 Å². The maximum Gasteiger partial charge on any atom is 0.271 e. The third-order valence-electron chi connectivity index (χ3n) is 2.94. The van der Waals surface area contributed by atoms with Gasteiger partial charge in [-0.3, -0.25) is 4.79 Å². The number of benzene rings is 2. The monoisotopic (exact) mass is 440 g/mol. The molecule has 0 aromatic heterocycles. The SMILES string of the molecule is COc1cc(C=NNC(=O)c2ccc(Br)cc2)cc(Br)c1OC. The van der Waals surface area contributed by atoms with Gasteiger partial charge >= 0.3 is 0 Å². The summed E-state index contributed by atoms with van der Waals surface area (Å²) in [5.41, 5.74) is 3.76. The van der Waals surface area contributed by atoms with Crippen molar-refractivity contribution in [3.63, 3.8) is 0 Å². The van der Waals surface area contributed by atoms with E-state index in [1.807, 2.05) is 6.07 Å². The van der Waals surface area contributed by atoms with Crippen molar-refractivity contribution in [2.75, 3.05) is 14.2 Å². The average Bonchev–Trinajstić information content (AvgIpc) is 2.54. The second-order valence-corrected chi connectivity index (χ2v) is 6.21. The molecule has 0 heterocycles. The Labute approximate surface area is 150 Å². The van der Waals surface area contributed by atoms with Crippen molar-refractivity contribution >= 4 is 44.0 Å². The van der Waals surface area contributed by atoms with Crippen LogP contribution in [0.15, 0.2) is 50.4 Å². The minimum atomic E-state index is -0.284. The van der Waals surface area contributed by atoms with Gasteiger partial charge in [-0.05, 0) is 57.9 Å². The quantitative estimate of drug-likeness (QED) is 0.563. The zero-order valence-corrected chi connectivity index (χ0v) is 15.6. The first-order valence-corrected chi connectivity index (χ1v) is 8.14. The fourth-order valence-electron chi connectivity index (χ4n) is 1.84. The molecule has 2 rings (SSSR count). The molecule has 0 aliphatic heterocycles. The maximum atomic E-state index is 11.9. The summed E-state index contributed by atoms with van der Waals surface area (Å²) in [5, 5.41) is 3.96. The molecule has 0 bridgehead atoms. The van der Waals surface area contributed by atoms with Crippen LogP contribution in [0.2, 0.25) is 0 Å². The number of nitrogens with one attached hydrogen (secondary N) is 1. The van der Waals surface area contributed by atoms with E-state index in [0.717, 1.165) is 14.5 Å². The Kier molecular flexibility index (Phi) is 6.18. The van der Waals surface area contributed by atoms with Crippen molar-refractivity contribution in [2.24, 2.45) is 5.10 Å².